The van der Waals surface area contributed by atoms with Crippen molar-refractivity contribution in [1.82, 2.24) is 20.1 Å². The Labute approximate surface area is 239 Å². The van der Waals surface area contributed by atoms with Crippen molar-refractivity contribution in [2.45, 2.75) is 88.4 Å². The van der Waals surface area contributed by atoms with Crippen molar-refractivity contribution in [3.8, 4) is 11.3 Å². The molecule has 0 aliphatic heterocycles. The molecule has 0 radical (unpaired) electrons. The molecule has 2 heterocycles. The first kappa shape index (κ1) is 33.0. The number of aromatic nitrogens is 3. The second-order valence-electron chi connectivity index (χ2n) is 11.0. The zero-order valence-corrected chi connectivity index (χ0v) is 24.5. The molecule has 0 atom stereocenters. The van der Waals surface area contributed by atoms with Gasteiger partial charge in [-0.1, -0.05) is 11.6 Å². The van der Waals surface area contributed by atoms with Crippen LogP contribution in [0.2, 0.25) is 5.02 Å². The van der Waals surface area contributed by atoms with Crippen LogP contribution in [0.3, 0.4) is 0 Å². The van der Waals surface area contributed by atoms with Gasteiger partial charge in [-0.05, 0) is 52.5 Å². The van der Waals surface area contributed by atoms with Crippen molar-refractivity contribution in [3.05, 3.63) is 28.5 Å². The number of hydrogen-bond acceptors (Lipinski definition) is 7. The SMILES string of the molecule is CCn1nc(C(=O)NCC2(O)CCC(S(C)(=O)=O)CC2)c(Cl)c1-c1cnc(NC(C)(C)CC(F)(F)F)cc1C(F)F. The number of amides is 1. The number of sulfone groups is 1. The molecule has 41 heavy (non-hydrogen) atoms. The molecule has 1 fully saturated rings. The fourth-order valence-corrected chi connectivity index (χ4v) is 6.36. The van der Waals surface area contributed by atoms with E-state index < -0.39 is 56.7 Å². The molecular weight excluding hydrogens is 597 g/mol. The Kier molecular flexibility index (Phi) is 9.65. The maximum absolute atomic E-state index is 14.1. The van der Waals surface area contributed by atoms with Crippen LogP contribution in [-0.2, 0) is 16.4 Å². The fraction of sp³-hybridized carbons (Fsp3) is 0.640. The molecule has 9 nitrogen and oxygen atoms in total. The summed E-state index contributed by atoms with van der Waals surface area (Å²) in [5, 5.41) is 19.3. The van der Waals surface area contributed by atoms with Crippen molar-refractivity contribution in [3.63, 3.8) is 0 Å². The van der Waals surface area contributed by atoms with Crippen molar-refractivity contribution in [1.29, 1.82) is 0 Å². The van der Waals surface area contributed by atoms with Gasteiger partial charge in [-0.25, -0.2) is 22.2 Å². The van der Waals surface area contributed by atoms with Gasteiger partial charge in [0.1, 0.15) is 15.7 Å². The van der Waals surface area contributed by atoms with Gasteiger partial charge >= 0.3 is 6.18 Å². The predicted molar refractivity (Wildman–Crippen MR) is 144 cm³/mol. The van der Waals surface area contributed by atoms with Crippen LogP contribution in [0.5, 0.6) is 0 Å². The van der Waals surface area contributed by atoms with Gasteiger partial charge < -0.3 is 15.7 Å². The highest BCUT2D eigenvalue weighted by Gasteiger charge is 2.38. The molecule has 0 unspecified atom stereocenters. The number of anilines is 1. The van der Waals surface area contributed by atoms with Gasteiger partial charge in [-0.3, -0.25) is 9.48 Å². The van der Waals surface area contributed by atoms with Crippen LogP contribution in [0.1, 0.15) is 75.4 Å². The largest absolute Gasteiger partial charge is 0.391 e. The Morgan fingerprint density at radius 3 is 2.39 bits per heavy atom. The average Bonchev–Trinajstić information content (AvgIpc) is 3.16. The van der Waals surface area contributed by atoms with Crippen LogP contribution in [0.15, 0.2) is 12.3 Å². The van der Waals surface area contributed by atoms with Gasteiger partial charge in [0.25, 0.3) is 12.3 Å². The lowest BCUT2D eigenvalue weighted by atomic mass is 9.84. The third kappa shape index (κ3) is 8.28. The Hall–Kier alpha value is -2.52. The van der Waals surface area contributed by atoms with Gasteiger partial charge in [0.05, 0.1) is 28.0 Å². The first-order chi connectivity index (χ1) is 18.8. The quantitative estimate of drug-likeness (QED) is 0.311. The molecule has 1 aliphatic rings. The Morgan fingerprint density at radius 2 is 1.88 bits per heavy atom. The molecule has 3 rings (SSSR count). The summed E-state index contributed by atoms with van der Waals surface area (Å²) in [5.74, 6) is -0.977. The van der Waals surface area contributed by atoms with E-state index in [2.05, 4.69) is 20.7 Å². The highest BCUT2D eigenvalue weighted by atomic mass is 35.5. The molecule has 2 aromatic heterocycles. The van der Waals surface area contributed by atoms with Gasteiger partial charge in [-0.2, -0.15) is 18.3 Å². The molecule has 0 spiro atoms. The van der Waals surface area contributed by atoms with Crippen LogP contribution in [-0.4, -0.2) is 69.6 Å². The molecule has 1 amide bonds. The summed E-state index contributed by atoms with van der Waals surface area (Å²) in [4.78, 5) is 17.0. The maximum Gasteiger partial charge on any atom is 0.391 e. The van der Waals surface area contributed by atoms with Crippen LogP contribution in [0, 0.1) is 0 Å². The first-order valence-electron chi connectivity index (χ1n) is 12.8. The number of nitrogens with one attached hydrogen (secondary N) is 2. The number of nitrogens with zero attached hydrogens (tertiary/aromatic N) is 3. The molecule has 2 aromatic rings. The standard InChI is InChI=1S/C25H33ClF5N5O4S/c1-5-36-20(16-11-32-17(10-15(16)21(27)28)34-23(2,3)12-25(29,30)31)18(26)19(35-36)22(37)33-13-24(38)8-6-14(7-9-24)41(4,39)40/h10-11,14,21,38H,5-9,12-13H2,1-4H3,(H,32,34)(H,33,37). The number of pyridine rings is 1. The zero-order chi connectivity index (χ0) is 31.0. The van der Waals surface area contributed by atoms with E-state index >= 15 is 0 Å². The van der Waals surface area contributed by atoms with E-state index in [1.54, 1.807) is 6.92 Å². The molecule has 0 saturated heterocycles. The van der Waals surface area contributed by atoms with E-state index in [0.29, 0.717) is 0 Å². The van der Waals surface area contributed by atoms with Crippen LogP contribution < -0.4 is 10.6 Å². The summed E-state index contributed by atoms with van der Waals surface area (Å²) < 4.78 is 91.8. The number of rotatable bonds is 10. The third-order valence-corrected chi connectivity index (χ3v) is 9.03. The number of aryl methyl sites for hydroxylation is 1. The Morgan fingerprint density at radius 1 is 1.27 bits per heavy atom. The second kappa shape index (κ2) is 12.0. The summed E-state index contributed by atoms with van der Waals surface area (Å²) in [6.07, 6.45) is -5.84. The minimum absolute atomic E-state index is 0.0319. The number of aliphatic hydroxyl groups is 1. The monoisotopic (exact) mass is 629 g/mol. The molecular formula is C25H33ClF5N5O4S. The van der Waals surface area contributed by atoms with Crippen molar-refractivity contribution < 1.29 is 40.3 Å². The van der Waals surface area contributed by atoms with Crippen molar-refractivity contribution >= 4 is 33.2 Å². The van der Waals surface area contributed by atoms with E-state index in [4.69, 9.17) is 11.6 Å². The first-order valence-corrected chi connectivity index (χ1v) is 15.2. The lowest BCUT2D eigenvalue weighted by molar-refractivity contribution is -0.142. The number of hydrogen-bond donors (Lipinski definition) is 3. The van der Waals surface area contributed by atoms with E-state index in [9.17, 15) is 40.3 Å². The maximum atomic E-state index is 14.1. The number of carbonyl (C=O) groups is 1. The molecule has 1 saturated carbocycles. The predicted octanol–water partition coefficient (Wildman–Crippen LogP) is 5.15. The Bertz CT molecular complexity index is 1370. The molecule has 3 N–H and O–H groups in total. The Balaban J connectivity index is 1.85. The van der Waals surface area contributed by atoms with Crippen LogP contribution in [0.25, 0.3) is 11.3 Å². The van der Waals surface area contributed by atoms with Gasteiger partial charge in [0.2, 0.25) is 0 Å². The highest BCUT2D eigenvalue weighted by Crippen LogP contribution is 2.39. The van der Waals surface area contributed by atoms with Gasteiger partial charge in [0.15, 0.2) is 5.69 Å². The minimum Gasteiger partial charge on any atom is -0.388 e. The van der Waals surface area contributed by atoms with Crippen molar-refractivity contribution in [2.24, 2.45) is 0 Å². The third-order valence-electron chi connectivity index (χ3n) is 6.99. The van der Waals surface area contributed by atoms with E-state index in [0.717, 1.165) is 18.5 Å². The average molecular weight is 630 g/mol. The van der Waals surface area contributed by atoms with Crippen LogP contribution >= 0.6 is 11.6 Å². The summed E-state index contributed by atoms with van der Waals surface area (Å²) in [6, 6.07) is 0.934. The molecule has 0 bridgehead atoms. The lowest BCUT2D eigenvalue weighted by Gasteiger charge is -2.35. The van der Waals surface area contributed by atoms with E-state index in [1.165, 1.54) is 18.5 Å². The summed E-state index contributed by atoms with van der Waals surface area (Å²) in [6.45, 7) is 4.09. The van der Waals surface area contributed by atoms with Crippen LogP contribution in [0.4, 0.5) is 27.8 Å². The van der Waals surface area contributed by atoms with E-state index in [-0.39, 0.29) is 66.6 Å². The van der Waals surface area contributed by atoms with Crippen molar-refractivity contribution in [2.75, 3.05) is 18.1 Å². The second-order valence-corrected chi connectivity index (χ2v) is 13.7. The normalized spacial score (nSPS) is 20.3. The fourth-order valence-electron chi connectivity index (χ4n) is 4.94. The summed E-state index contributed by atoms with van der Waals surface area (Å²) in [5.41, 5.74) is -3.93. The number of carbonyl (C=O) groups excluding carboxylic acids is 1. The molecule has 0 aromatic carbocycles. The zero-order valence-electron chi connectivity index (χ0n) is 22.9. The number of halogens is 6. The van der Waals surface area contributed by atoms with E-state index in [1.807, 2.05) is 0 Å². The topological polar surface area (TPSA) is 126 Å². The molecule has 16 heteroatoms. The summed E-state index contributed by atoms with van der Waals surface area (Å²) in [7, 11) is -3.25. The summed E-state index contributed by atoms with van der Waals surface area (Å²) >= 11 is 6.47. The minimum atomic E-state index is -4.49. The molecule has 230 valence electrons. The number of alkyl halides is 5. The highest BCUT2D eigenvalue weighted by molar-refractivity contribution is 7.91. The lowest BCUT2D eigenvalue weighted by Crippen LogP contribution is -2.47. The molecule has 1 aliphatic carbocycles. The van der Waals surface area contributed by atoms with Gasteiger partial charge in [0, 0.05) is 42.2 Å². The van der Waals surface area contributed by atoms with Gasteiger partial charge in [-0.15, -0.1) is 0 Å². The smallest absolute Gasteiger partial charge is 0.388 e.